The molecule has 0 fully saturated rings. The highest BCUT2D eigenvalue weighted by atomic mass is 35.5. The van der Waals surface area contributed by atoms with Crippen molar-refractivity contribution in [2.45, 2.75) is 12.1 Å². The fraction of sp³-hybridized carbons (Fsp3) is 0.200. The molecule has 0 amide bonds. The second-order valence-corrected chi connectivity index (χ2v) is 6.47. The summed E-state index contributed by atoms with van der Waals surface area (Å²) in [5.74, 6) is 0. The van der Waals surface area contributed by atoms with Crippen LogP contribution in [0.1, 0.15) is 5.56 Å². The number of hydrogen-bond acceptors (Lipinski definition) is 3. The molecule has 3 N–H and O–H groups in total. The predicted octanol–water partition coefficient (Wildman–Crippen LogP) is 3.63. The zero-order chi connectivity index (χ0) is 17.0. The van der Waals surface area contributed by atoms with Crippen LogP contribution in [0.2, 0.25) is 15.1 Å². The monoisotopic (exact) mass is 386 g/mol. The molecule has 0 saturated carbocycles. The van der Waals surface area contributed by atoms with Gasteiger partial charge < -0.3 is 16.0 Å². The maximum absolute atomic E-state index is 9.58. The topological polar surface area (TPSA) is 65.1 Å². The third-order valence-corrected chi connectivity index (χ3v) is 4.69. The number of hydrogen-bond donors (Lipinski definition) is 2. The Labute approximate surface area is 155 Å². The first-order valence-corrected chi connectivity index (χ1v) is 8.18. The number of nitrogens with two attached hydrogens (primary N) is 1. The fourth-order valence-electron chi connectivity index (χ4n) is 2.27. The van der Waals surface area contributed by atoms with Crippen LogP contribution < -0.4 is 11.1 Å². The molecular weight excluding hydrogens is 375 g/mol. The van der Waals surface area contributed by atoms with Crippen LogP contribution in [0.25, 0.3) is 0 Å². The van der Waals surface area contributed by atoms with Gasteiger partial charge in [-0.15, -0.1) is 0 Å². The molecule has 1 aromatic rings. The van der Waals surface area contributed by atoms with Crippen LogP contribution in [0.3, 0.4) is 0 Å². The molecule has 120 valence electrons. The van der Waals surface area contributed by atoms with Crippen LogP contribution in [0.4, 0.5) is 0 Å². The minimum atomic E-state index is -1.14. The predicted molar refractivity (Wildman–Crippen MR) is 98.4 cm³/mol. The molecule has 0 spiro atoms. The Balaban J connectivity index is 2.24. The number of benzene rings is 1. The largest absolute Gasteiger partial charge is 0.376 e. The van der Waals surface area contributed by atoms with Crippen LogP contribution in [0, 0.1) is 11.3 Å². The molecule has 8 heteroatoms. The summed E-state index contributed by atoms with van der Waals surface area (Å²) in [6.07, 6.45) is 7.54. The molecule has 1 aliphatic rings. The van der Waals surface area contributed by atoms with Gasteiger partial charge in [0, 0.05) is 17.8 Å². The van der Waals surface area contributed by atoms with Crippen LogP contribution in [0.5, 0.6) is 0 Å². The van der Waals surface area contributed by atoms with E-state index in [1.54, 1.807) is 35.4 Å². The second kappa shape index (κ2) is 7.41. The lowest BCUT2D eigenvalue weighted by atomic mass is 10.1. The normalized spacial score (nSPS) is 19.5. The molecule has 1 aromatic carbocycles. The summed E-state index contributed by atoms with van der Waals surface area (Å²) < 4.78 is 0. The molecule has 4 nitrogen and oxygen atoms in total. The molecule has 0 radical (unpaired) electrons. The average molecular weight is 388 g/mol. The van der Waals surface area contributed by atoms with Gasteiger partial charge in [-0.05, 0) is 48.5 Å². The van der Waals surface area contributed by atoms with Crippen molar-refractivity contribution >= 4 is 52.1 Å². The summed E-state index contributed by atoms with van der Waals surface area (Å²) in [4.78, 5) is 1.78. The molecule has 1 heterocycles. The Bertz CT molecular complexity index is 726. The lowest BCUT2D eigenvalue weighted by Crippen LogP contribution is -2.59. The van der Waals surface area contributed by atoms with E-state index < -0.39 is 5.66 Å². The van der Waals surface area contributed by atoms with Crippen LogP contribution in [-0.4, -0.2) is 22.2 Å². The van der Waals surface area contributed by atoms with Gasteiger partial charge in [-0.3, -0.25) is 0 Å². The number of allylic oxidation sites excluding steroid dienone is 2. The summed E-state index contributed by atoms with van der Waals surface area (Å²) in [6, 6.07) is 5.54. The van der Waals surface area contributed by atoms with Crippen molar-refractivity contribution < 1.29 is 0 Å². The minimum absolute atomic E-state index is 0.0373. The number of rotatable bonds is 4. The van der Waals surface area contributed by atoms with Gasteiger partial charge in [-0.1, -0.05) is 40.9 Å². The third-order valence-electron chi connectivity index (χ3n) is 3.39. The molecule has 0 aromatic heterocycles. The Morgan fingerprint density at radius 2 is 2.00 bits per heavy atom. The number of nitrogens with zero attached hydrogens (tertiary/aromatic N) is 2. The van der Waals surface area contributed by atoms with Crippen molar-refractivity contribution in [2.75, 3.05) is 6.54 Å². The quantitative estimate of drug-likeness (QED) is 0.610. The summed E-state index contributed by atoms with van der Waals surface area (Å²) >= 11 is 23.3. The highest BCUT2D eigenvalue weighted by molar-refractivity contribution is 7.80. The molecular formula is C15H13Cl3N4S. The number of halogens is 3. The molecule has 0 bridgehead atoms. The van der Waals surface area contributed by atoms with Gasteiger partial charge in [0.1, 0.15) is 6.07 Å². The fourth-order valence-corrected chi connectivity index (χ4v) is 3.17. The van der Waals surface area contributed by atoms with Gasteiger partial charge in [-0.2, -0.15) is 5.26 Å². The van der Waals surface area contributed by atoms with Crippen LogP contribution in [0.15, 0.2) is 36.6 Å². The lowest BCUT2D eigenvalue weighted by molar-refractivity contribution is 0.236. The van der Waals surface area contributed by atoms with Gasteiger partial charge >= 0.3 is 0 Å². The van der Waals surface area contributed by atoms with E-state index in [9.17, 15) is 5.26 Å². The molecule has 1 atom stereocenters. The van der Waals surface area contributed by atoms with Crippen molar-refractivity contribution in [1.82, 2.24) is 10.2 Å². The Morgan fingerprint density at radius 1 is 1.30 bits per heavy atom. The molecule has 1 unspecified atom stereocenters. The van der Waals surface area contributed by atoms with E-state index in [1.807, 2.05) is 6.08 Å². The maximum Gasteiger partial charge on any atom is 0.221 e. The average Bonchev–Trinajstić information content (AvgIpc) is 2.52. The van der Waals surface area contributed by atoms with E-state index in [0.29, 0.717) is 28.0 Å². The van der Waals surface area contributed by atoms with Crippen LogP contribution in [-0.2, 0) is 6.42 Å². The second-order valence-electron chi connectivity index (χ2n) is 4.83. The Morgan fingerprint density at radius 3 is 2.65 bits per heavy atom. The molecule has 23 heavy (non-hydrogen) atoms. The van der Waals surface area contributed by atoms with Crippen molar-refractivity contribution in [2.24, 2.45) is 5.73 Å². The summed E-state index contributed by atoms with van der Waals surface area (Å²) in [6.45, 7) is 0.462. The van der Waals surface area contributed by atoms with Crippen molar-refractivity contribution in [3.63, 3.8) is 0 Å². The molecule has 0 aliphatic carbocycles. The number of nitriles is 1. The smallest absolute Gasteiger partial charge is 0.221 e. The van der Waals surface area contributed by atoms with Crippen molar-refractivity contribution in [3.05, 3.63) is 57.2 Å². The zero-order valence-corrected chi connectivity index (χ0v) is 15.0. The minimum Gasteiger partial charge on any atom is -0.376 e. The van der Waals surface area contributed by atoms with Crippen molar-refractivity contribution in [1.29, 1.82) is 5.26 Å². The van der Waals surface area contributed by atoms with E-state index >= 15 is 0 Å². The van der Waals surface area contributed by atoms with E-state index in [1.165, 1.54) is 0 Å². The van der Waals surface area contributed by atoms with Gasteiger partial charge in [0.25, 0.3) is 0 Å². The third kappa shape index (κ3) is 3.91. The van der Waals surface area contributed by atoms with Crippen molar-refractivity contribution in [3.8, 4) is 6.07 Å². The number of nitrogens with one attached hydrogen (secondary N) is 1. The van der Waals surface area contributed by atoms with E-state index in [-0.39, 0.29) is 5.11 Å². The first-order valence-electron chi connectivity index (χ1n) is 6.63. The van der Waals surface area contributed by atoms with Gasteiger partial charge in [0.15, 0.2) is 5.11 Å². The van der Waals surface area contributed by atoms with Gasteiger partial charge in [-0.25, -0.2) is 0 Å². The standard InChI is InChI=1S/C15H13Cl3N4S/c16-11-3-4-12(17)13(18)10(11)5-8-22-7-2-1-6-15(22,9-19)21-14(20)23/h1-4,6-7H,5,8H2,(H3,20,21,23). The van der Waals surface area contributed by atoms with Gasteiger partial charge in [0.2, 0.25) is 5.66 Å². The first kappa shape index (κ1) is 17.9. The van der Waals surface area contributed by atoms with Gasteiger partial charge in [0.05, 0.1) is 10.0 Å². The SMILES string of the molecule is N#CC1(NC(N)=S)C=CC=CN1CCc1c(Cl)ccc(Cl)c1Cl. The highest BCUT2D eigenvalue weighted by Crippen LogP contribution is 2.32. The first-order chi connectivity index (χ1) is 10.9. The summed E-state index contributed by atoms with van der Waals surface area (Å²) in [5.41, 5.74) is 5.13. The van der Waals surface area contributed by atoms with Crippen LogP contribution >= 0.6 is 47.0 Å². The molecule has 2 rings (SSSR count). The van der Waals surface area contributed by atoms with E-state index in [2.05, 4.69) is 11.4 Å². The lowest BCUT2D eigenvalue weighted by Gasteiger charge is -2.38. The molecule has 0 saturated heterocycles. The maximum atomic E-state index is 9.58. The highest BCUT2D eigenvalue weighted by Gasteiger charge is 2.34. The summed E-state index contributed by atoms with van der Waals surface area (Å²) in [7, 11) is 0. The zero-order valence-electron chi connectivity index (χ0n) is 11.9. The summed E-state index contributed by atoms with van der Waals surface area (Å²) in [5, 5.41) is 13.8. The number of thiocarbonyl (C=S) groups is 1. The molecule has 1 aliphatic heterocycles. The van der Waals surface area contributed by atoms with E-state index in [0.717, 1.165) is 5.56 Å². The van der Waals surface area contributed by atoms with E-state index in [4.69, 9.17) is 52.8 Å². The Hall–Kier alpha value is -1.45. The Kier molecular flexibility index (Phi) is 5.77.